The highest BCUT2D eigenvalue weighted by Gasteiger charge is 2.32. The molecule has 0 atom stereocenters. The Hall–Kier alpha value is -2.27. The third kappa shape index (κ3) is 6.41. The summed E-state index contributed by atoms with van der Waals surface area (Å²) in [7, 11) is -5.52. The highest BCUT2D eigenvalue weighted by molar-refractivity contribution is 7.89. The fourth-order valence-corrected chi connectivity index (χ4v) is 6.09. The van der Waals surface area contributed by atoms with Crippen LogP contribution in [0.1, 0.15) is 35.1 Å². The molecule has 1 aliphatic heterocycles. The van der Waals surface area contributed by atoms with E-state index < -0.39 is 20.0 Å². The Kier molecular flexibility index (Phi) is 7.94. The number of nitrogens with one attached hydrogen (secondary N) is 2. The van der Waals surface area contributed by atoms with Crippen LogP contribution in [0.4, 0.5) is 0 Å². The van der Waals surface area contributed by atoms with Gasteiger partial charge in [0, 0.05) is 25.6 Å². The number of amides is 1. The van der Waals surface area contributed by atoms with Gasteiger partial charge in [0.1, 0.15) is 0 Å². The van der Waals surface area contributed by atoms with Crippen LogP contribution in [0.25, 0.3) is 0 Å². The van der Waals surface area contributed by atoms with Gasteiger partial charge in [-0.1, -0.05) is 30.3 Å². The first-order valence-corrected chi connectivity index (χ1v) is 14.0. The third-order valence-corrected chi connectivity index (χ3v) is 9.33. The number of hydrogen-bond donors (Lipinski definition) is 2. The topological polar surface area (TPSA) is 113 Å². The lowest BCUT2D eigenvalue weighted by Crippen LogP contribution is -2.42. The molecule has 1 fully saturated rings. The maximum atomic E-state index is 13.0. The zero-order chi connectivity index (χ0) is 24.2. The van der Waals surface area contributed by atoms with Gasteiger partial charge in [-0.05, 0) is 68.1 Å². The maximum Gasteiger partial charge on any atom is 0.243 e. The Bertz CT molecular complexity index is 1200. The summed E-state index contributed by atoms with van der Waals surface area (Å²) >= 11 is 0. The van der Waals surface area contributed by atoms with Gasteiger partial charge in [0.15, 0.2) is 0 Å². The standard InChI is InChI=1S/C23H31N3O5S2/c1-17-4-9-22(14-18(17)2)33(30,31)26-12-10-21(11-13-26)23(27)25-15-19-5-7-20(8-6-19)16-32(28,29)24-3/h4-9,14,21,24H,10-13,15-16H2,1-3H3,(H,25,27). The molecule has 0 unspecified atom stereocenters. The van der Waals surface area contributed by atoms with E-state index in [1.807, 2.05) is 19.9 Å². The minimum Gasteiger partial charge on any atom is -0.352 e. The number of carbonyl (C=O) groups excluding carboxylic acids is 1. The smallest absolute Gasteiger partial charge is 0.243 e. The summed E-state index contributed by atoms with van der Waals surface area (Å²) < 4.78 is 52.9. The Morgan fingerprint density at radius 3 is 2.12 bits per heavy atom. The molecule has 0 saturated carbocycles. The first kappa shape index (κ1) is 25.4. The summed E-state index contributed by atoms with van der Waals surface area (Å²) in [4.78, 5) is 12.9. The van der Waals surface area contributed by atoms with Gasteiger partial charge in [-0.25, -0.2) is 21.6 Å². The second kappa shape index (κ2) is 10.3. The highest BCUT2D eigenvalue weighted by atomic mass is 32.2. The van der Waals surface area contributed by atoms with Crippen LogP contribution in [0.15, 0.2) is 47.4 Å². The van der Waals surface area contributed by atoms with Crippen LogP contribution in [-0.4, -0.2) is 47.2 Å². The Labute approximate surface area is 196 Å². The summed E-state index contributed by atoms with van der Waals surface area (Å²) in [5.41, 5.74) is 3.50. The molecule has 8 nitrogen and oxygen atoms in total. The number of sulfonamides is 2. The molecule has 1 heterocycles. The van der Waals surface area contributed by atoms with E-state index in [4.69, 9.17) is 0 Å². The third-order valence-electron chi connectivity index (χ3n) is 6.10. The van der Waals surface area contributed by atoms with Crippen molar-refractivity contribution in [1.82, 2.24) is 14.3 Å². The Morgan fingerprint density at radius 1 is 0.939 bits per heavy atom. The van der Waals surface area contributed by atoms with E-state index in [0.717, 1.165) is 16.7 Å². The molecule has 2 aromatic rings. The fraction of sp³-hybridized carbons (Fsp3) is 0.435. The van der Waals surface area contributed by atoms with Crippen molar-refractivity contribution in [3.05, 3.63) is 64.7 Å². The summed E-state index contributed by atoms with van der Waals surface area (Å²) in [6.07, 6.45) is 0.938. The predicted octanol–water partition coefficient (Wildman–Crippen LogP) is 2.07. The van der Waals surface area contributed by atoms with E-state index in [2.05, 4.69) is 10.0 Å². The summed E-state index contributed by atoms with van der Waals surface area (Å²) in [6.45, 7) is 4.78. The van der Waals surface area contributed by atoms with Crippen molar-refractivity contribution in [3.63, 3.8) is 0 Å². The van der Waals surface area contributed by atoms with Gasteiger partial charge in [-0.15, -0.1) is 0 Å². The number of rotatable bonds is 8. The molecule has 2 aromatic carbocycles. The molecule has 0 spiro atoms. The normalized spacial score (nSPS) is 16.0. The molecule has 0 bridgehead atoms. The van der Waals surface area contributed by atoms with E-state index in [0.29, 0.717) is 42.9 Å². The van der Waals surface area contributed by atoms with Crippen LogP contribution in [0, 0.1) is 19.8 Å². The van der Waals surface area contributed by atoms with Gasteiger partial charge in [0.05, 0.1) is 10.6 Å². The lowest BCUT2D eigenvalue weighted by molar-refractivity contribution is -0.126. The first-order valence-electron chi connectivity index (χ1n) is 10.9. The van der Waals surface area contributed by atoms with Crippen molar-refractivity contribution in [3.8, 4) is 0 Å². The van der Waals surface area contributed by atoms with Crippen molar-refractivity contribution in [2.75, 3.05) is 20.1 Å². The van der Waals surface area contributed by atoms with E-state index >= 15 is 0 Å². The molecule has 0 aliphatic carbocycles. The molecular weight excluding hydrogens is 462 g/mol. The Balaban J connectivity index is 1.52. The predicted molar refractivity (Wildman–Crippen MR) is 127 cm³/mol. The van der Waals surface area contributed by atoms with Gasteiger partial charge in [0.25, 0.3) is 0 Å². The molecule has 33 heavy (non-hydrogen) atoms. The first-order chi connectivity index (χ1) is 15.5. The van der Waals surface area contributed by atoms with Gasteiger partial charge >= 0.3 is 0 Å². The summed E-state index contributed by atoms with van der Waals surface area (Å²) in [6, 6.07) is 12.2. The largest absolute Gasteiger partial charge is 0.352 e. The lowest BCUT2D eigenvalue weighted by atomic mass is 9.97. The van der Waals surface area contributed by atoms with Crippen LogP contribution in [0.2, 0.25) is 0 Å². The van der Waals surface area contributed by atoms with Crippen molar-refractivity contribution < 1.29 is 21.6 Å². The highest BCUT2D eigenvalue weighted by Crippen LogP contribution is 2.25. The van der Waals surface area contributed by atoms with Crippen LogP contribution in [0.3, 0.4) is 0 Å². The zero-order valence-corrected chi connectivity index (χ0v) is 20.8. The average molecular weight is 494 g/mol. The molecule has 0 radical (unpaired) electrons. The summed E-state index contributed by atoms with van der Waals surface area (Å²) in [5.74, 6) is -0.434. The second-order valence-electron chi connectivity index (χ2n) is 8.42. The van der Waals surface area contributed by atoms with E-state index in [1.54, 1.807) is 36.4 Å². The molecular formula is C23H31N3O5S2. The van der Waals surface area contributed by atoms with Crippen molar-refractivity contribution in [2.45, 2.75) is 43.9 Å². The van der Waals surface area contributed by atoms with Crippen LogP contribution >= 0.6 is 0 Å². The zero-order valence-electron chi connectivity index (χ0n) is 19.2. The van der Waals surface area contributed by atoms with Crippen LogP contribution in [-0.2, 0) is 37.1 Å². The van der Waals surface area contributed by atoms with Crippen molar-refractivity contribution in [2.24, 2.45) is 5.92 Å². The van der Waals surface area contributed by atoms with Crippen LogP contribution < -0.4 is 10.0 Å². The van der Waals surface area contributed by atoms with Gasteiger partial charge < -0.3 is 5.32 Å². The number of nitrogens with zero attached hydrogens (tertiary/aromatic N) is 1. The molecule has 2 N–H and O–H groups in total. The van der Waals surface area contributed by atoms with Crippen LogP contribution in [0.5, 0.6) is 0 Å². The number of hydrogen-bond acceptors (Lipinski definition) is 5. The van der Waals surface area contributed by atoms with Gasteiger partial charge in [0.2, 0.25) is 26.0 Å². The number of aryl methyl sites for hydroxylation is 2. The molecule has 180 valence electrons. The summed E-state index contributed by atoms with van der Waals surface area (Å²) in [5, 5.41) is 2.91. The molecule has 1 aliphatic rings. The minimum absolute atomic E-state index is 0.0972. The molecule has 3 rings (SSSR count). The lowest BCUT2D eigenvalue weighted by Gasteiger charge is -2.30. The number of benzene rings is 2. The average Bonchev–Trinajstić information content (AvgIpc) is 2.80. The quantitative estimate of drug-likeness (QED) is 0.585. The fourth-order valence-electron chi connectivity index (χ4n) is 3.76. The molecule has 0 aromatic heterocycles. The molecule has 1 saturated heterocycles. The van der Waals surface area contributed by atoms with Crippen molar-refractivity contribution in [1.29, 1.82) is 0 Å². The van der Waals surface area contributed by atoms with Gasteiger partial charge in [-0.3, -0.25) is 4.79 Å². The second-order valence-corrected chi connectivity index (χ2v) is 12.3. The maximum absolute atomic E-state index is 13.0. The molecule has 10 heteroatoms. The SMILES string of the molecule is CNS(=O)(=O)Cc1ccc(CNC(=O)C2CCN(S(=O)(=O)c3ccc(C)c(C)c3)CC2)cc1. The number of piperidine rings is 1. The van der Waals surface area contributed by atoms with E-state index in [1.165, 1.54) is 11.4 Å². The Morgan fingerprint density at radius 2 is 1.55 bits per heavy atom. The van der Waals surface area contributed by atoms with E-state index in [9.17, 15) is 21.6 Å². The minimum atomic E-state index is -3.57. The molecule has 1 amide bonds. The van der Waals surface area contributed by atoms with Crippen molar-refractivity contribution >= 4 is 26.0 Å². The monoisotopic (exact) mass is 493 g/mol. The van der Waals surface area contributed by atoms with Gasteiger partial charge in [-0.2, -0.15) is 4.31 Å². The number of carbonyl (C=O) groups is 1. The van der Waals surface area contributed by atoms with E-state index in [-0.39, 0.29) is 17.6 Å².